The van der Waals surface area contributed by atoms with Crippen molar-refractivity contribution in [3.8, 4) is 0 Å². The van der Waals surface area contributed by atoms with Crippen molar-refractivity contribution in [2.24, 2.45) is 0 Å². The number of hydrogen-bond donors (Lipinski definition) is 0. The Morgan fingerprint density at radius 1 is 0.839 bits per heavy atom. The first-order valence-electron chi connectivity index (χ1n) is 9.73. The summed E-state index contributed by atoms with van der Waals surface area (Å²) >= 11 is 6.20. The minimum absolute atomic E-state index is 0.0545. The van der Waals surface area contributed by atoms with E-state index in [0.29, 0.717) is 26.2 Å². The van der Waals surface area contributed by atoms with Crippen LogP contribution in [0.3, 0.4) is 0 Å². The number of halogens is 4. The van der Waals surface area contributed by atoms with Crippen LogP contribution in [0, 0.1) is 0 Å². The van der Waals surface area contributed by atoms with Gasteiger partial charge in [0.25, 0.3) is 11.8 Å². The Morgan fingerprint density at radius 2 is 1.45 bits per heavy atom. The van der Waals surface area contributed by atoms with Crippen molar-refractivity contribution in [3.05, 3.63) is 76.5 Å². The van der Waals surface area contributed by atoms with Crippen molar-refractivity contribution < 1.29 is 22.8 Å². The number of amides is 2. The molecule has 0 saturated carbocycles. The second-order valence-corrected chi connectivity index (χ2v) is 7.78. The number of benzene rings is 2. The van der Waals surface area contributed by atoms with Crippen molar-refractivity contribution >= 4 is 29.1 Å². The molecule has 0 bridgehead atoms. The Labute approximate surface area is 182 Å². The molecule has 0 unspecified atom stereocenters. The molecular formula is C22H19ClF3N3O2. The Balaban J connectivity index is 1.45. The molecule has 2 amide bonds. The Morgan fingerprint density at radius 3 is 2.03 bits per heavy atom. The molecule has 31 heavy (non-hydrogen) atoms. The van der Waals surface area contributed by atoms with Gasteiger partial charge < -0.3 is 4.90 Å². The van der Waals surface area contributed by atoms with E-state index in [9.17, 15) is 22.8 Å². The van der Waals surface area contributed by atoms with Crippen LogP contribution < -0.4 is 4.90 Å². The minimum atomic E-state index is -4.50. The smallest absolute Gasteiger partial charge is 0.363 e. The highest BCUT2D eigenvalue weighted by Crippen LogP contribution is 2.34. The van der Waals surface area contributed by atoms with E-state index in [-0.39, 0.29) is 16.4 Å². The quantitative estimate of drug-likeness (QED) is 0.665. The van der Waals surface area contributed by atoms with E-state index in [4.69, 9.17) is 11.6 Å². The summed E-state index contributed by atoms with van der Waals surface area (Å²) in [6, 6.07) is 13.9. The lowest BCUT2D eigenvalue weighted by molar-refractivity contribution is -0.137. The molecule has 2 aromatic rings. The summed E-state index contributed by atoms with van der Waals surface area (Å²) in [5.41, 5.74) is 0.489. The van der Waals surface area contributed by atoms with Crippen LogP contribution in [-0.4, -0.2) is 47.8 Å². The number of piperazine rings is 1. The van der Waals surface area contributed by atoms with Crippen LogP contribution in [0.1, 0.15) is 11.1 Å². The molecule has 1 saturated heterocycles. The largest absolute Gasteiger partial charge is 0.416 e. The second-order valence-electron chi connectivity index (χ2n) is 7.40. The normalized spacial score (nSPS) is 18.3. The van der Waals surface area contributed by atoms with Gasteiger partial charge in [0.2, 0.25) is 0 Å². The summed E-state index contributed by atoms with van der Waals surface area (Å²) in [5.74, 6) is -1.35. The monoisotopic (exact) mass is 449 g/mol. The molecule has 2 aromatic carbocycles. The SMILES string of the molecule is O=C1C(Cl)=C(N2CCN(Cc3ccccc3)CC2)C(=O)N1c1ccc(C(F)(F)F)cc1. The average molecular weight is 450 g/mol. The van der Waals surface area contributed by atoms with Gasteiger partial charge in [-0.05, 0) is 29.8 Å². The van der Waals surface area contributed by atoms with Crippen LogP contribution in [0.25, 0.3) is 0 Å². The highest BCUT2D eigenvalue weighted by molar-refractivity contribution is 6.52. The van der Waals surface area contributed by atoms with Gasteiger partial charge in [0, 0.05) is 32.7 Å². The molecule has 9 heteroatoms. The van der Waals surface area contributed by atoms with E-state index in [0.717, 1.165) is 35.7 Å². The standard InChI is InChI=1S/C22H19ClF3N3O2/c23-18-19(28-12-10-27(11-13-28)14-15-4-2-1-3-5-15)21(31)29(20(18)30)17-8-6-16(7-9-17)22(24,25)26/h1-9H,10-14H2. The lowest BCUT2D eigenvalue weighted by Gasteiger charge is -2.36. The van der Waals surface area contributed by atoms with E-state index in [1.807, 2.05) is 30.3 Å². The number of rotatable bonds is 4. The number of hydrogen-bond acceptors (Lipinski definition) is 4. The number of carbonyl (C=O) groups excluding carboxylic acids is 2. The number of imide groups is 1. The van der Waals surface area contributed by atoms with Crippen LogP contribution in [-0.2, 0) is 22.3 Å². The van der Waals surface area contributed by atoms with Crippen LogP contribution in [0.4, 0.5) is 18.9 Å². The summed E-state index contributed by atoms with van der Waals surface area (Å²) in [4.78, 5) is 30.4. The van der Waals surface area contributed by atoms with E-state index < -0.39 is 23.6 Å². The van der Waals surface area contributed by atoms with Crippen molar-refractivity contribution in [1.29, 1.82) is 0 Å². The molecule has 0 aromatic heterocycles. The molecule has 0 N–H and O–H groups in total. The molecule has 1 fully saturated rings. The summed E-state index contributed by atoms with van der Waals surface area (Å²) in [7, 11) is 0. The van der Waals surface area contributed by atoms with Crippen LogP contribution in [0.2, 0.25) is 0 Å². The Hall–Kier alpha value is -2.84. The summed E-state index contributed by atoms with van der Waals surface area (Å²) in [6.07, 6.45) is -4.50. The zero-order valence-electron chi connectivity index (χ0n) is 16.4. The maximum absolute atomic E-state index is 13.0. The molecule has 0 aliphatic carbocycles. The van der Waals surface area contributed by atoms with Crippen molar-refractivity contribution in [1.82, 2.24) is 9.80 Å². The molecule has 162 valence electrons. The maximum Gasteiger partial charge on any atom is 0.416 e. The summed E-state index contributed by atoms with van der Waals surface area (Å²) in [5, 5.41) is -0.207. The lowest BCUT2D eigenvalue weighted by atomic mass is 10.2. The van der Waals surface area contributed by atoms with Crippen molar-refractivity contribution in [2.75, 3.05) is 31.1 Å². The van der Waals surface area contributed by atoms with Gasteiger partial charge in [0.05, 0.1) is 11.3 Å². The average Bonchev–Trinajstić information content (AvgIpc) is 2.97. The van der Waals surface area contributed by atoms with Crippen LogP contribution >= 0.6 is 11.6 Å². The first-order valence-corrected chi connectivity index (χ1v) is 10.1. The molecule has 0 spiro atoms. The fourth-order valence-electron chi connectivity index (χ4n) is 3.77. The summed E-state index contributed by atoms with van der Waals surface area (Å²) in [6.45, 7) is 3.18. The predicted molar refractivity (Wildman–Crippen MR) is 110 cm³/mol. The van der Waals surface area contributed by atoms with Gasteiger partial charge >= 0.3 is 6.18 Å². The molecule has 2 aliphatic rings. The lowest BCUT2D eigenvalue weighted by Crippen LogP contribution is -2.47. The molecule has 0 atom stereocenters. The van der Waals surface area contributed by atoms with Gasteiger partial charge in [0.15, 0.2) is 0 Å². The summed E-state index contributed by atoms with van der Waals surface area (Å²) < 4.78 is 38.4. The number of alkyl halides is 3. The highest BCUT2D eigenvalue weighted by atomic mass is 35.5. The van der Waals surface area contributed by atoms with Crippen molar-refractivity contribution in [3.63, 3.8) is 0 Å². The maximum atomic E-state index is 13.0. The zero-order chi connectivity index (χ0) is 22.2. The third kappa shape index (κ3) is 4.31. The van der Waals surface area contributed by atoms with Crippen molar-refractivity contribution in [2.45, 2.75) is 12.7 Å². The minimum Gasteiger partial charge on any atom is -0.363 e. The second kappa shape index (κ2) is 8.36. The Bertz CT molecular complexity index is 1010. The van der Waals surface area contributed by atoms with E-state index in [1.165, 1.54) is 5.56 Å². The number of carbonyl (C=O) groups is 2. The van der Waals surface area contributed by atoms with Gasteiger partial charge in [-0.25, -0.2) is 4.90 Å². The highest BCUT2D eigenvalue weighted by Gasteiger charge is 2.42. The van der Waals surface area contributed by atoms with Gasteiger partial charge in [-0.1, -0.05) is 41.9 Å². The van der Waals surface area contributed by atoms with Crippen LogP contribution in [0.15, 0.2) is 65.3 Å². The van der Waals surface area contributed by atoms with Gasteiger partial charge in [-0.3, -0.25) is 14.5 Å². The predicted octanol–water partition coefficient (Wildman–Crippen LogP) is 3.85. The fraction of sp³-hybridized carbons (Fsp3) is 0.273. The van der Waals surface area contributed by atoms with Gasteiger partial charge in [-0.2, -0.15) is 13.2 Å². The third-order valence-electron chi connectivity index (χ3n) is 5.39. The number of anilines is 1. The van der Waals surface area contributed by atoms with E-state index >= 15 is 0 Å². The molecule has 2 aliphatic heterocycles. The number of nitrogens with zero attached hydrogens (tertiary/aromatic N) is 3. The topological polar surface area (TPSA) is 43.9 Å². The Kier molecular flexibility index (Phi) is 5.77. The molecule has 5 nitrogen and oxygen atoms in total. The van der Waals surface area contributed by atoms with Gasteiger partial charge in [0.1, 0.15) is 10.7 Å². The zero-order valence-corrected chi connectivity index (χ0v) is 17.2. The molecule has 2 heterocycles. The molecule has 4 rings (SSSR count). The third-order valence-corrected chi connectivity index (χ3v) is 5.74. The van der Waals surface area contributed by atoms with Crippen LogP contribution in [0.5, 0.6) is 0 Å². The molecule has 0 radical (unpaired) electrons. The fourth-order valence-corrected chi connectivity index (χ4v) is 4.06. The first kappa shape index (κ1) is 21.4. The molecular weight excluding hydrogens is 431 g/mol. The first-order chi connectivity index (χ1) is 14.8. The van der Waals surface area contributed by atoms with E-state index in [1.54, 1.807) is 4.90 Å². The van der Waals surface area contributed by atoms with E-state index in [2.05, 4.69) is 4.90 Å². The van der Waals surface area contributed by atoms with Gasteiger partial charge in [-0.15, -0.1) is 0 Å².